The Morgan fingerprint density at radius 3 is 0.839 bits per heavy atom. The van der Waals surface area contributed by atoms with Gasteiger partial charge in [0.1, 0.15) is 0 Å². The van der Waals surface area contributed by atoms with Crippen molar-refractivity contribution in [2.45, 2.75) is 144 Å². The molecule has 0 aromatic carbocycles. The van der Waals surface area contributed by atoms with E-state index in [1.165, 1.54) is 25.7 Å². The first kappa shape index (κ1) is 41.1. The molecule has 0 radical (unpaired) electrons. The molecule has 0 aliphatic heterocycles. The third-order valence-electron chi connectivity index (χ3n) is 3.51. The van der Waals surface area contributed by atoms with Gasteiger partial charge < -0.3 is 30.9 Å². The van der Waals surface area contributed by atoms with Gasteiger partial charge in [0.05, 0.1) is 0 Å². The number of rotatable bonds is 14. The number of nitrogens with zero attached hydrogens (tertiary/aromatic N) is 4. The van der Waals surface area contributed by atoms with Gasteiger partial charge in [-0.2, -0.15) is 0 Å². The minimum Gasteiger partial charge on any atom is -0.676 e. The zero-order chi connectivity index (χ0) is 24.5. The van der Waals surface area contributed by atoms with Crippen molar-refractivity contribution in [1.82, 2.24) is 0 Å². The Morgan fingerprint density at radius 2 is 0.710 bits per heavy atom. The van der Waals surface area contributed by atoms with Gasteiger partial charge in [0.2, 0.25) is 0 Å². The van der Waals surface area contributed by atoms with Gasteiger partial charge in [-0.05, 0) is 0 Å². The van der Waals surface area contributed by atoms with E-state index < -0.39 is 0 Å². The molecule has 0 N–H and O–H groups in total. The van der Waals surface area contributed by atoms with Crippen LogP contribution in [0.15, 0.2) is 0 Å². The SMILES string of the molecule is CCCCC([N-]C(C)C)[N-]C(C)C.CCCCC([N-]C(C)C)[N-]C(C)C.[CH-]=O.[CH-]=O.[Ru+6]. The first-order valence-corrected chi connectivity index (χ1v) is 11.4. The van der Waals surface area contributed by atoms with Gasteiger partial charge in [0.25, 0.3) is 0 Å². The van der Waals surface area contributed by atoms with Crippen molar-refractivity contribution >= 4 is 13.6 Å². The Morgan fingerprint density at radius 1 is 0.516 bits per heavy atom. The van der Waals surface area contributed by atoms with E-state index in [0.717, 1.165) is 12.8 Å². The Bertz CT molecular complexity index is 270. The molecular weight excluding hydrogens is 477 g/mol. The Labute approximate surface area is 208 Å². The first-order valence-electron chi connectivity index (χ1n) is 11.4. The maximum atomic E-state index is 7.75. The molecule has 0 unspecified atom stereocenters. The summed E-state index contributed by atoms with van der Waals surface area (Å²) in [6.45, 7) is 27.9. The molecule has 0 saturated heterocycles. The van der Waals surface area contributed by atoms with Gasteiger partial charge in [-0.15, -0.1) is 24.2 Å². The molecule has 0 amide bonds. The maximum Gasteiger partial charge on any atom is 6.00 e. The topological polar surface area (TPSA) is 90.5 Å². The second-order valence-corrected chi connectivity index (χ2v) is 8.22. The van der Waals surface area contributed by atoms with Crippen molar-refractivity contribution in [3.8, 4) is 0 Å². The summed E-state index contributed by atoms with van der Waals surface area (Å²) in [6, 6.07) is 1.63. The normalized spacial score (nSPS) is 10.3. The van der Waals surface area contributed by atoms with E-state index in [0.29, 0.717) is 24.2 Å². The minimum atomic E-state index is 0. The summed E-state index contributed by atoms with van der Waals surface area (Å²) in [5.41, 5.74) is 0. The van der Waals surface area contributed by atoms with Crippen LogP contribution in [0.5, 0.6) is 0 Å². The molecule has 7 heteroatoms. The zero-order valence-corrected chi connectivity index (χ0v) is 23.6. The van der Waals surface area contributed by atoms with E-state index in [9.17, 15) is 0 Å². The van der Waals surface area contributed by atoms with Crippen molar-refractivity contribution < 1.29 is 29.1 Å². The van der Waals surface area contributed by atoms with Crippen LogP contribution in [0, 0.1) is 0 Å². The average Bonchev–Trinajstić information content (AvgIpc) is 2.66. The van der Waals surface area contributed by atoms with Gasteiger partial charge in [-0.1, -0.05) is 108 Å². The number of hydrogen-bond acceptors (Lipinski definition) is 2. The zero-order valence-electron chi connectivity index (χ0n) is 21.8. The minimum absolute atomic E-state index is 0. The van der Waals surface area contributed by atoms with Gasteiger partial charge in [0, 0.05) is 0 Å². The van der Waals surface area contributed by atoms with Crippen LogP contribution in [0.1, 0.15) is 108 Å². The predicted molar refractivity (Wildman–Crippen MR) is 134 cm³/mol. The predicted octanol–water partition coefficient (Wildman–Crippen LogP) is 7.58. The molecule has 0 saturated carbocycles. The fourth-order valence-electron chi connectivity index (χ4n) is 2.53. The van der Waals surface area contributed by atoms with Gasteiger partial charge in [0.15, 0.2) is 0 Å². The van der Waals surface area contributed by atoms with Crippen LogP contribution >= 0.6 is 0 Å². The Hall–Kier alpha value is -0.197. The molecule has 0 fully saturated rings. The quantitative estimate of drug-likeness (QED) is 0.132. The van der Waals surface area contributed by atoms with Crippen LogP contribution in [-0.4, -0.2) is 50.1 Å². The van der Waals surface area contributed by atoms with Crippen LogP contribution in [-0.2, 0) is 29.1 Å². The van der Waals surface area contributed by atoms with Gasteiger partial charge >= 0.3 is 19.5 Å². The molecule has 0 aliphatic carbocycles. The van der Waals surface area contributed by atoms with Crippen LogP contribution < -0.4 is 0 Å². The second-order valence-electron chi connectivity index (χ2n) is 8.22. The average molecular weight is 528 g/mol. The summed E-state index contributed by atoms with van der Waals surface area (Å²) in [4.78, 5) is 15.5. The van der Waals surface area contributed by atoms with Crippen LogP contribution in [0.25, 0.3) is 21.3 Å². The molecule has 0 aliphatic rings. The van der Waals surface area contributed by atoms with Gasteiger partial charge in [-0.25, -0.2) is 12.3 Å². The summed E-state index contributed by atoms with van der Waals surface area (Å²) < 4.78 is 0. The number of unbranched alkanes of at least 4 members (excludes halogenated alkanes) is 2. The van der Waals surface area contributed by atoms with E-state index in [1.807, 2.05) is 0 Å². The Balaban J connectivity index is -0.000000122. The molecule has 31 heavy (non-hydrogen) atoms. The smallest absolute Gasteiger partial charge is 0.676 e. The summed E-state index contributed by atoms with van der Waals surface area (Å²) in [5.74, 6) is 0. The second kappa shape index (κ2) is 32.0. The van der Waals surface area contributed by atoms with Crippen LogP contribution in [0.3, 0.4) is 0 Å². The van der Waals surface area contributed by atoms with E-state index in [2.05, 4.69) is 104 Å². The monoisotopic (exact) mass is 528 g/mol. The van der Waals surface area contributed by atoms with Crippen molar-refractivity contribution in [2.75, 3.05) is 0 Å². The third kappa shape index (κ3) is 40.7. The number of carbonyl (C=O) groups excluding carboxylic acids is 2. The summed E-state index contributed by atoms with van der Waals surface area (Å²) in [6.07, 6.45) is 7.64. The summed E-state index contributed by atoms with van der Waals surface area (Å²) in [5, 5.41) is 18.4. The molecule has 0 bridgehead atoms. The Kier molecular flexibility index (Phi) is 42.4. The summed E-state index contributed by atoms with van der Waals surface area (Å²) >= 11 is 0. The van der Waals surface area contributed by atoms with E-state index in [-0.39, 0.29) is 31.8 Å². The van der Waals surface area contributed by atoms with Crippen LogP contribution in [0.4, 0.5) is 0 Å². The van der Waals surface area contributed by atoms with Crippen molar-refractivity contribution in [2.24, 2.45) is 0 Å². The summed E-state index contributed by atoms with van der Waals surface area (Å²) in [7, 11) is 0. The molecule has 0 aromatic rings. The largest absolute Gasteiger partial charge is 6.00 e. The van der Waals surface area contributed by atoms with Crippen molar-refractivity contribution in [3.05, 3.63) is 21.3 Å². The molecule has 0 heterocycles. The molecular formula is C24H50N4O2Ru. The number of hydrogen-bond donors (Lipinski definition) is 0. The molecule has 6 nitrogen and oxygen atoms in total. The fourth-order valence-corrected chi connectivity index (χ4v) is 2.53. The van der Waals surface area contributed by atoms with E-state index in [1.54, 1.807) is 0 Å². The maximum absolute atomic E-state index is 7.75. The molecule has 186 valence electrons. The standard InChI is InChI=1S/2C11H24N2.2CHO.Ru/c2*1-6-7-8-11(12-9(2)3)13-10(4)5;2*1-2;/h2*9-11H,6-8H2,1-5H3;2*1H;/q2*-2;2*-1;+6. The molecule has 0 rings (SSSR count). The van der Waals surface area contributed by atoms with E-state index >= 15 is 0 Å². The molecule has 0 aromatic heterocycles. The molecule has 0 atom stereocenters. The van der Waals surface area contributed by atoms with E-state index in [4.69, 9.17) is 9.59 Å². The third-order valence-corrected chi connectivity index (χ3v) is 3.51. The first-order chi connectivity index (χ1) is 14.1. The van der Waals surface area contributed by atoms with Crippen LogP contribution in [0.2, 0.25) is 0 Å². The fraction of sp³-hybridized carbons (Fsp3) is 0.917. The van der Waals surface area contributed by atoms with Gasteiger partial charge in [-0.3, -0.25) is 13.6 Å². The van der Waals surface area contributed by atoms with Crippen molar-refractivity contribution in [1.29, 1.82) is 0 Å². The molecule has 0 spiro atoms. The van der Waals surface area contributed by atoms with Crippen molar-refractivity contribution in [3.63, 3.8) is 0 Å².